The molecule has 0 fully saturated rings. The van der Waals surface area contributed by atoms with E-state index in [-0.39, 0.29) is 0 Å². The third-order valence-electron chi connectivity index (χ3n) is 2.54. The summed E-state index contributed by atoms with van der Waals surface area (Å²) in [6, 6.07) is 0. The summed E-state index contributed by atoms with van der Waals surface area (Å²) >= 11 is 0. The van der Waals surface area contributed by atoms with E-state index in [1.165, 1.54) is 0 Å². The Balaban J connectivity index is 2.23. The molecule has 0 unspecified atom stereocenters. The molecule has 6 heteroatoms. The van der Waals surface area contributed by atoms with Crippen LogP contribution in [-0.4, -0.2) is 11.4 Å². The van der Waals surface area contributed by atoms with Crippen LogP contribution in [0.5, 0.6) is 0 Å². The van der Waals surface area contributed by atoms with Gasteiger partial charge in [0.05, 0.1) is 5.71 Å². The maximum absolute atomic E-state index is 8.31. The van der Waals surface area contributed by atoms with Crippen LogP contribution in [0.15, 0.2) is 98.1 Å². The number of rotatable bonds is 1. The molecule has 2 aliphatic rings. The van der Waals surface area contributed by atoms with Crippen LogP contribution in [0.2, 0.25) is 0 Å². The van der Waals surface area contributed by atoms with Crippen LogP contribution in [0.3, 0.4) is 0 Å². The molecule has 0 aromatic heterocycles. The fourth-order valence-corrected chi connectivity index (χ4v) is 1.54. The Morgan fingerprint density at radius 3 is 1.77 bits per heavy atom. The van der Waals surface area contributed by atoms with Crippen molar-refractivity contribution in [2.45, 2.75) is 0 Å². The van der Waals surface area contributed by atoms with E-state index in [0.29, 0.717) is 11.4 Å². The van der Waals surface area contributed by atoms with E-state index in [1.807, 2.05) is 0 Å². The first kappa shape index (κ1) is 14.6. The van der Waals surface area contributed by atoms with Crippen molar-refractivity contribution < 1.29 is 0 Å². The first-order chi connectivity index (χ1) is 10.8. The second-order valence-corrected chi connectivity index (χ2v) is 3.98. The van der Waals surface area contributed by atoms with Gasteiger partial charge in [-0.15, -0.1) is 5.10 Å². The first-order valence-corrected chi connectivity index (χ1v) is 6.16. The topological polar surface area (TPSA) is 89.1 Å². The van der Waals surface area contributed by atoms with Crippen molar-refractivity contribution in [3.8, 4) is 0 Å². The monoisotopic (exact) mass is 285 g/mol. The van der Waals surface area contributed by atoms with Crippen LogP contribution < -0.4 is 0 Å². The zero-order valence-electron chi connectivity index (χ0n) is 11.4. The summed E-state index contributed by atoms with van der Waals surface area (Å²) in [4.78, 5) is 0. The maximum Gasteiger partial charge on any atom is 0.339 e. The molecule has 0 aromatic carbocycles. The standard InChI is InChI=1S/C16H9N6/c17-21-19-15-9-5-13(6-10-15)3-1-2-4-14-7-11-16(12-8-14)20-22-18/h5-12,17H/q+1. The molecule has 102 valence electrons. The van der Waals surface area contributed by atoms with Crippen molar-refractivity contribution in [3.05, 3.63) is 87.8 Å². The van der Waals surface area contributed by atoms with Crippen LogP contribution >= 0.6 is 0 Å². The van der Waals surface area contributed by atoms with Gasteiger partial charge in [0.25, 0.3) is 5.39 Å². The van der Waals surface area contributed by atoms with E-state index >= 15 is 0 Å². The van der Waals surface area contributed by atoms with E-state index in [9.17, 15) is 0 Å². The quantitative estimate of drug-likeness (QED) is 0.338. The summed E-state index contributed by atoms with van der Waals surface area (Å²) in [6.45, 7) is 0. The zero-order valence-corrected chi connectivity index (χ0v) is 11.4. The van der Waals surface area contributed by atoms with Crippen LogP contribution in [0, 0.1) is 10.9 Å². The van der Waals surface area contributed by atoms with E-state index in [1.54, 1.807) is 48.6 Å². The average Bonchev–Trinajstić information content (AvgIpc) is 2.55. The Morgan fingerprint density at radius 1 is 0.818 bits per heavy atom. The van der Waals surface area contributed by atoms with Gasteiger partial charge < -0.3 is 0 Å². The van der Waals surface area contributed by atoms with Crippen LogP contribution in [0.1, 0.15) is 0 Å². The predicted molar refractivity (Wildman–Crippen MR) is 82.7 cm³/mol. The molecular formula is C16H9N6+. The number of hydrogen-bond donors (Lipinski definition) is 1. The average molecular weight is 285 g/mol. The van der Waals surface area contributed by atoms with E-state index in [2.05, 4.69) is 43.4 Å². The van der Waals surface area contributed by atoms with Gasteiger partial charge in [-0.25, -0.2) is 0 Å². The third-order valence-corrected chi connectivity index (χ3v) is 2.54. The van der Waals surface area contributed by atoms with Crippen molar-refractivity contribution in [2.75, 3.05) is 0 Å². The van der Waals surface area contributed by atoms with Crippen LogP contribution in [0.4, 0.5) is 0 Å². The molecule has 2 rings (SSSR count). The largest absolute Gasteiger partial charge is 0.339 e. The van der Waals surface area contributed by atoms with Crippen molar-refractivity contribution in [1.29, 1.82) is 10.9 Å². The summed E-state index contributed by atoms with van der Waals surface area (Å²) < 4.78 is 0. The van der Waals surface area contributed by atoms with Gasteiger partial charge in [0.1, 0.15) is 0 Å². The number of hydrogen-bond acceptors (Lipinski definition) is 4. The summed E-state index contributed by atoms with van der Waals surface area (Å²) in [7, 11) is 0. The van der Waals surface area contributed by atoms with Crippen molar-refractivity contribution in [2.24, 2.45) is 15.4 Å². The molecule has 22 heavy (non-hydrogen) atoms. The summed E-state index contributed by atoms with van der Waals surface area (Å²) in [5, 5.41) is 21.0. The molecule has 2 aliphatic carbocycles. The molecule has 0 heterocycles. The number of diazo groups is 1. The lowest BCUT2D eigenvalue weighted by atomic mass is 10.1. The SMILES string of the molecule is N#[N+]N=C1C=CC(=C=C=C=C=C2C=CC(=NN=N)C=C2)C=C1. The smallest absolute Gasteiger partial charge is 0.185 e. The normalized spacial score (nSPS) is 14.5. The lowest BCUT2D eigenvalue weighted by molar-refractivity contribution is 0.992. The van der Waals surface area contributed by atoms with E-state index < -0.39 is 0 Å². The Morgan fingerprint density at radius 2 is 1.32 bits per heavy atom. The number of allylic oxidation sites excluding steroid dienone is 10. The minimum atomic E-state index is 0.545. The van der Waals surface area contributed by atoms with Gasteiger partial charge in [0.15, 0.2) is 10.8 Å². The molecule has 1 N–H and O–H groups in total. The Hall–Kier alpha value is -3.82. The predicted octanol–water partition coefficient (Wildman–Crippen LogP) is 3.75. The van der Waals surface area contributed by atoms with Crippen molar-refractivity contribution in [1.82, 2.24) is 0 Å². The molecule has 0 atom stereocenters. The third kappa shape index (κ3) is 4.38. The number of nitrogens with zero attached hydrogens (tertiary/aromatic N) is 5. The van der Waals surface area contributed by atoms with E-state index in [0.717, 1.165) is 11.1 Å². The van der Waals surface area contributed by atoms with Crippen LogP contribution in [0.25, 0.3) is 5.08 Å². The van der Waals surface area contributed by atoms with Gasteiger partial charge in [0.2, 0.25) is 0 Å². The minimum absolute atomic E-state index is 0.545. The summed E-state index contributed by atoms with van der Waals surface area (Å²) in [5.41, 5.74) is 20.7. The first-order valence-electron chi connectivity index (χ1n) is 6.16. The van der Waals surface area contributed by atoms with E-state index in [4.69, 9.17) is 10.9 Å². The summed E-state index contributed by atoms with van der Waals surface area (Å²) in [5.74, 6) is 0. The summed E-state index contributed by atoms with van der Waals surface area (Å²) in [6.07, 6.45) is 13.9. The van der Waals surface area contributed by atoms with Gasteiger partial charge >= 0.3 is 5.08 Å². The molecule has 0 aromatic rings. The second-order valence-electron chi connectivity index (χ2n) is 3.98. The highest BCUT2D eigenvalue weighted by Crippen LogP contribution is 2.06. The molecule has 0 spiro atoms. The van der Waals surface area contributed by atoms with Gasteiger partial charge in [-0.1, -0.05) is 16.7 Å². The molecule has 0 aliphatic heterocycles. The fourth-order valence-electron chi connectivity index (χ4n) is 1.54. The Bertz CT molecular complexity index is 853. The highest BCUT2D eigenvalue weighted by molar-refractivity contribution is 6.06. The molecule has 0 saturated heterocycles. The van der Waals surface area contributed by atoms with Crippen LogP contribution in [-0.2, 0) is 0 Å². The molecule has 0 amide bonds. The minimum Gasteiger partial charge on any atom is -0.185 e. The highest BCUT2D eigenvalue weighted by atomic mass is 15.3. The lowest BCUT2D eigenvalue weighted by Gasteiger charge is -1.96. The maximum atomic E-state index is 8.31. The molecule has 0 saturated carbocycles. The molecule has 6 nitrogen and oxygen atoms in total. The second kappa shape index (κ2) is 7.69. The van der Waals surface area contributed by atoms with Gasteiger partial charge in [0, 0.05) is 11.1 Å². The molecule has 0 bridgehead atoms. The lowest BCUT2D eigenvalue weighted by Crippen LogP contribution is -1.91. The van der Waals surface area contributed by atoms with Gasteiger partial charge in [-0.05, 0) is 60.1 Å². The van der Waals surface area contributed by atoms with Crippen molar-refractivity contribution >= 4 is 11.4 Å². The Labute approximate surface area is 126 Å². The fraction of sp³-hybridized carbons (Fsp3) is 0. The zero-order chi connectivity index (χ0) is 15.6. The molecule has 0 radical (unpaired) electrons. The number of nitrogens with one attached hydrogen (secondary N) is 1. The van der Waals surface area contributed by atoms with Crippen molar-refractivity contribution in [3.63, 3.8) is 0 Å². The van der Waals surface area contributed by atoms with Gasteiger partial charge in [-0.3, -0.25) is 0 Å². The van der Waals surface area contributed by atoms with Gasteiger partial charge in [-0.2, -0.15) is 5.53 Å². The Kier molecular flexibility index (Phi) is 5.10. The highest BCUT2D eigenvalue weighted by Gasteiger charge is 2.00. The molecular weight excluding hydrogens is 276 g/mol.